The van der Waals surface area contributed by atoms with Gasteiger partial charge in [0.1, 0.15) is 48.0 Å². The summed E-state index contributed by atoms with van der Waals surface area (Å²) in [5.41, 5.74) is 2.63. The summed E-state index contributed by atoms with van der Waals surface area (Å²) >= 11 is 6.24. The Balaban J connectivity index is 1.02. The molecule has 3 fully saturated rings. The quantitative estimate of drug-likeness (QED) is 0.0268. The van der Waals surface area contributed by atoms with Crippen molar-refractivity contribution in [2.75, 3.05) is 39.8 Å². The summed E-state index contributed by atoms with van der Waals surface area (Å²) in [5.74, 6) is -5.86. The molecule has 94 heavy (non-hydrogen) atoms. The van der Waals surface area contributed by atoms with E-state index in [1.54, 1.807) is 66.9 Å². The van der Waals surface area contributed by atoms with Gasteiger partial charge in [-0.3, -0.25) is 53.1 Å². The minimum absolute atomic E-state index is 0.0252. The van der Waals surface area contributed by atoms with E-state index >= 15 is 4.79 Å². The largest absolute Gasteiger partial charge is 0.508 e. The van der Waals surface area contributed by atoms with Gasteiger partial charge in [0, 0.05) is 88.6 Å². The molecule has 9 amide bonds. The molecule has 2 bridgehead atoms. The summed E-state index contributed by atoms with van der Waals surface area (Å²) in [4.78, 5) is 140. The molecule has 3 saturated heterocycles. The number of likely N-dealkylation sites (N-methyl/N-ethyl adjacent to an activating group) is 1. The molecule has 4 aromatic carbocycles. The Hall–Kier alpha value is -9.32. The minimum atomic E-state index is -1.74. The Morgan fingerprint density at radius 2 is 1.16 bits per heavy atom. The summed E-state index contributed by atoms with van der Waals surface area (Å²) in [6, 6.07) is 22.8. The average molecular weight is 1310 g/mol. The van der Waals surface area contributed by atoms with Crippen molar-refractivity contribution in [2.24, 2.45) is 11.8 Å². The SMILES string of the molecule is CC(=O)N[C@H](Cc1ccc2ccccc2c1)C(=O)N[C@H](Cc1ccc(Cl)cc1)C(=O)N[C@H](Cc1cccnc1)C(=O)N[C@@H](CO)C(=O)N(C)[C@@H](Cc1ccc(O)cc1)C(=O)N[C@H](CCCCNC(=O)c1cccnc1)C(=O)N[C@@H](CC(C)C)C(=O)NC1CN2CCC1CC2. The van der Waals surface area contributed by atoms with Crippen LogP contribution < -0.4 is 42.5 Å². The average Bonchev–Trinajstić information content (AvgIpc) is 0.933. The number of fused-ring (bicyclic) bond motifs is 4. The van der Waals surface area contributed by atoms with E-state index in [0.29, 0.717) is 52.6 Å². The fourth-order valence-corrected chi connectivity index (χ4v) is 12.1. The van der Waals surface area contributed by atoms with Gasteiger partial charge in [-0.05, 0) is 139 Å². The fraction of sp³-hybridized carbons (Fsp3) is 0.414. The zero-order chi connectivity index (χ0) is 67.3. The van der Waals surface area contributed by atoms with Crippen molar-refractivity contribution < 1.29 is 53.4 Å². The molecular weight excluding hydrogens is 1220 g/mol. The van der Waals surface area contributed by atoms with Crippen LogP contribution >= 0.6 is 11.6 Å². The lowest BCUT2D eigenvalue weighted by Gasteiger charge is -2.45. The lowest BCUT2D eigenvalue weighted by Crippen LogP contribution is -2.62. The molecule has 9 rings (SSSR count). The molecule has 5 heterocycles. The van der Waals surface area contributed by atoms with E-state index in [2.05, 4.69) is 57.4 Å². The fourth-order valence-electron chi connectivity index (χ4n) is 11.9. The van der Waals surface area contributed by atoms with Crippen LogP contribution in [0, 0.1) is 11.8 Å². The molecule has 8 atom stereocenters. The maximum absolute atomic E-state index is 15.1. The number of nitrogens with zero attached hydrogens (tertiary/aromatic N) is 4. The molecule has 23 nitrogen and oxygen atoms in total. The number of aliphatic hydroxyl groups excluding tert-OH is 1. The van der Waals surface area contributed by atoms with Gasteiger partial charge in [0.05, 0.1) is 12.2 Å². The number of nitrogens with one attached hydrogen (secondary N) is 8. The van der Waals surface area contributed by atoms with E-state index in [0.717, 1.165) is 47.2 Å². The van der Waals surface area contributed by atoms with Crippen molar-refractivity contribution in [3.8, 4) is 5.75 Å². The number of phenols is 1. The van der Waals surface area contributed by atoms with Gasteiger partial charge < -0.3 is 62.5 Å². The molecule has 498 valence electrons. The number of aromatic hydroxyl groups is 1. The van der Waals surface area contributed by atoms with E-state index in [1.165, 1.54) is 44.7 Å². The van der Waals surface area contributed by atoms with Gasteiger partial charge in [0.2, 0.25) is 47.3 Å². The molecule has 0 spiro atoms. The van der Waals surface area contributed by atoms with Gasteiger partial charge in [-0.15, -0.1) is 0 Å². The van der Waals surface area contributed by atoms with Crippen molar-refractivity contribution in [3.63, 3.8) is 0 Å². The molecule has 2 aromatic heterocycles. The van der Waals surface area contributed by atoms with E-state index in [9.17, 15) is 48.6 Å². The van der Waals surface area contributed by atoms with Crippen molar-refractivity contribution in [2.45, 2.75) is 133 Å². The van der Waals surface area contributed by atoms with E-state index < -0.39 is 90.3 Å². The smallest absolute Gasteiger partial charge is 0.252 e. The number of halogens is 1. The third-order valence-electron chi connectivity index (χ3n) is 17.1. The first-order chi connectivity index (χ1) is 45.2. The third kappa shape index (κ3) is 20.8. The molecule has 10 N–H and O–H groups in total. The lowest BCUT2D eigenvalue weighted by molar-refractivity contribution is -0.144. The number of amides is 9. The number of aliphatic hydroxyl groups is 1. The number of hydrogen-bond acceptors (Lipinski definition) is 14. The first-order valence-electron chi connectivity index (χ1n) is 32.0. The number of carbonyl (C=O) groups excluding carboxylic acids is 9. The van der Waals surface area contributed by atoms with Crippen LogP contribution in [-0.2, 0) is 64.0 Å². The highest BCUT2D eigenvalue weighted by Gasteiger charge is 2.39. The Bertz CT molecular complexity index is 3560. The van der Waals surface area contributed by atoms with Gasteiger partial charge in [0.25, 0.3) is 5.91 Å². The number of hydrogen-bond donors (Lipinski definition) is 10. The molecule has 1 unspecified atom stereocenters. The van der Waals surface area contributed by atoms with Crippen LogP contribution in [0.25, 0.3) is 10.8 Å². The minimum Gasteiger partial charge on any atom is -0.508 e. The summed E-state index contributed by atoms with van der Waals surface area (Å²) in [7, 11) is 1.30. The number of phenolic OH excluding ortho intramolecular Hbond substituents is 1. The van der Waals surface area contributed by atoms with Crippen LogP contribution in [0.4, 0.5) is 0 Å². The summed E-state index contributed by atoms with van der Waals surface area (Å²) in [5, 5.41) is 46.3. The topological polar surface area (TPSA) is 323 Å². The second-order valence-corrected chi connectivity index (χ2v) is 25.2. The maximum Gasteiger partial charge on any atom is 0.252 e. The highest BCUT2D eigenvalue weighted by molar-refractivity contribution is 6.30. The Kier molecular flexibility index (Phi) is 25.9. The van der Waals surface area contributed by atoms with E-state index in [1.807, 2.05) is 56.3 Å². The summed E-state index contributed by atoms with van der Waals surface area (Å²) in [6.45, 7) is 6.99. The number of aromatic nitrogens is 2. The van der Waals surface area contributed by atoms with Gasteiger partial charge in [0.15, 0.2) is 0 Å². The van der Waals surface area contributed by atoms with E-state index in [4.69, 9.17) is 11.6 Å². The molecule has 0 radical (unpaired) electrons. The van der Waals surface area contributed by atoms with Gasteiger partial charge in [-0.25, -0.2) is 0 Å². The normalized spacial score (nSPS) is 17.2. The van der Waals surface area contributed by atoms with E-state index in [-0.39, 0.29) is 74.6 Å². The highest BCUT2D eigenvalue weighted by atomic mass is 35.5. The highest BCUT2D eigenvalue weighted by Crippen LogP contribution is 2.28. The summed E-state index contributed by atoms with van der Waals surface area (Å²) in [6.07, 6.45) is 8.45. The monoisotopic (exact) mass is 1300 g/mol. The summed E-state index contributed by atoms with van der Waals surface area (Å²) < 4.78 is 0. The first kappa shape index (κ1) is 70.5. The Morgan fingerprint density at radius 3 is 1.77 bits per heavy atom. The van der Waals surface area contributed by atoms with Crippen molar-refractivity contribution in [1.82, 2.24) is 62.3 Å². The molecule has 0 saturated carbocycles. The van der Waals surface area contributed by atoms with Crippen molar-refractivity contribution in [3.05, 3.63) is 173 Å². The molecule has 0 aliphatic carbocycles. The number of benzene rings is 4. The predicted molar refractivity (Wildman–Crippen MR) is 354 cm³/mol. The van der Waals surface area contributed by atoms with Crippen LogP contribution in [0.3, 0.4) is 0 Å². The number of piperidine rings is 3. The predicted octanol–water partition coefficient (Wildman–Crippen LogP) is 3.86. The molecule has 3 aliphatic heterocycles. The van der Waals surface area contributed by atoms with Crippen LogP contribution in [0.15, 0.2) is 140 Å². The maximum atomic E-state index is 15.1. The standard InChI is InChI=1S/C70H85ClN12O11/c1-43(2)33-56(65(89)80-60-41-83-31-26-50(60)27-32-83)77-64(88)55(15-7-8-30-74-63(87)52-14-10-29-73-40-52)76-69(93)62(38-46-19-24-54(86)25-20-46)82(4)70(94)61(42-84)81-68(92)59(37-48-11-9-28-72-39-48)79-67(91)58(35-45-17-22-53(71)23-18-45)78-66(90)57(75-44(3)85)36-47-16-21-49-12-5-6-13-51(49)34-47/h5-6,9-14,16-25,28-29,34,39-40,43,50,55-62,84,86H,7-8,15,26-27,30-33,35-38,41-42H2,1-4H3,(H,74,87)(H,75,85)(H,76,93)(H,77,88)(H,78,90)(H,79,91)(H,80,89)(H,81,92)/t55-,56+,57-,58-,59-,60?,61+,62+/m1/s1. The number of rotatable bonds is 32. The molecule has 24 heteroatoms. The van der Waals surface area contributed by atoms with Crippen molar-refractivity contribution >= 4 is 75.5 Å². The molecule has 6 aromatic rings. The van der Waals surface area contributed by atoms with Gasteiger partial charge in [-0.1, -0.05) is 98.2 Å². The Labute approximate surface area is 552 Å². The van der Waals surface area contributed by atoms with Crippen LogP contribution in [-0.4, -0.2) is 171 Å². The zero-order valence-electron chi connectivity index (χ0n) is 53.4. The zero-order valence-corrected chi connectivity index (χ0v) is 54.2. The lowest BCUT2D eigenvalue weighted by atomic mass is 9.84. The molecular formula is C70H85ClN12O11. The first-order valence-corrected chi connectivity index (χ1v) is 32.3. The third-order valence-corrected chi connectivity index (χ3v) is 17.3. The second kappa shape index (κ2) is 34.5. The number of pyridine rings is 2. The number of unbranched alkanes of at least 4 members (excludes halogenated alkanes) is 1. The van der Waals surface area contributed by atoms with Gasteiger partial charge in [-0.2, -0.15) is 0 Å². The second-order valence-electron chi connectivity index (χ2n) is 24.7. The van der Waals surface area contributed by atoms with Crippen molar-refractivity contribution in [1.29, 1.82) is 0 Å². The number of carbonyl (C=O) groups is 9. The Morgan fingerprint density at radius 1 is 0.596 bits per heavy atom. The van der Waals surface area contributed by atoms with Gasteiger partial charge >= 0.3 is 0 Å². The molecule has 3 aliphatic rings. The van der Waals surface area contributed by atoms with Crippen LogP contribution in [0.2, 0.25) is 5.02 Å². The van der Waals surface area contributed by atoms with Crippen LogP contribution in [0.1, 0.15) is 91.9 Å². The van der Waals surface area contributed by atoms with Crippen LogP contribution in [0.5, 0.6) is 5.75 Å².